The molecule has 6 nitrogen and oxygen atoms in total. The Morgan fingerprint density at radius 3 is 2.82 bits per heavy atom. The number of carbonyl (C=O) groups is 1. The van der Waals surface area contributed by atoms with Gasteiger partial charge in [-0.25, -0.2) is 4.98 Å². The summed E-state index contributed by atoms with van der Waals surface area (Å²) in [6.45, 7) is 1.45. The Morgan fingerprint density at radius 2 is 2.05 bits per heavy atom. The van der Waals surface area contributed by atoms with Crippen LogP contribution in [0.15, 0.2) is 17.2 Å². The highest BCUT2D eigenvalue weighted by molar-refractivity contribution is 5.79. The number of nitrogens with one attached hydrogen (secondary N) is 1. The van der Waals surface area contributed by atoms with E-state index in [1.165, 1.54) is 23.8 Å². The van der Waals surface area contributed by atoms with E-state index in [4.69, 9.17) is 0 Å². The van der Waals surface area contributed by atoms with Gasteiger partial charge in [0.2, 0.25) is 5.91 Å². The number of rotatable bonds is 3. The summed E-state index contributed by atoms with van der Waals surface area (Å²) < 4.78 is 1.51. The van der Waals surface area contributed by atoms with E-state index in [1.54, 1.807) is 19.4 Å². The normalized spacial score (nSPS) is 22.8. The minimum atomic E-state index is -0.125. The van der Waals surface area contributed by atoms with Crippen molar-refractivity contribution in [3.05, 3.63) is 22.7 Å². The molecule has 1 aliphatic carbocycles. The lowest BCUT2D eigenvalue weighted by molar-refractivity contribution is -0.135. The van der Waals surface area contributed by atoms with Crippen molar-refractivity contribution in [3.8, 4) is 0 Å². The van der Waals surface area contributed by atoms with Crippen LogP contribution >= 0.6 is 0 Å². The molecule has 0 bridgehead atoms. The van der Waals surface area contributed by atoms with Gasteiger partial charge in [-0.15, -0.1) is 0 Å². The largest absolute Gasteiger partial charge is 0.361 e. The van der Waals surface area contributed by atoms with Crippen LogP contribution < -0.4 is 10.9 Å². The lowest BCUT2D eigenvalue weighted by atomic mass is 9.88. The smallest absolute Gasteiger partial charge is 0.293 e. The number of carbonyl (C=O) groups excluding carboxylic acids is 1. The number of hydrogen-bond acceptors (Lipinski definition) is 4. The maximum Gasteiger partial charge on any atom is 0.293 e. The molecule has 22 heavy (non-hydrogen) atoms. The summed E-state index contributed by atoms with van der Waals surface area (Å²) >= 11 is 0. The van der Waals surface area contributed by atoms with Crippen LogP contribution in [0.3, 0.4) is 0 Å². The topological polar surface area (TPSA) is 67.2 Å². The van der Waals surface area contributed by atoms with Gasteiger partial charge in [-0.2, -0.15) is 0 Å². The summed E-state index contributed by atoms with van der Waals surface area (Å²) in [5.74, 6) is 0.898. The van der Waals surface area contributed by atoms with Crippen molar-refractivity contribution in [2.75, 3.05) is 18.4 Å². The van der Waals surface area contributed by atoms with E-state index < -0.39 is 0 Å². The molecule has 2 aliphatic rings. The van der Waals surface area contributed by atoms with Crippen LogP contribution in [0.4, 0.5) is 5.82 Å². The standard InChI is InChI=1S/C16H24N4O2/c1-19-10-8-17-14(16(19)22)18-13-7-9-20(11-13)15(21)12-5-3-2-4-6-12/h8,10,12-13H,2-7,9,11H2,1H3,(H,17,18)/t13-/m0/s1. The molecule has 0 aromatic carbocycles. The van der Waals surface area contributed by atoms with Crippen molar-refractivity contribution in [1.82, 2.24) is 14.5 Å². The van der Waals surface area contributed by atoms with E-state index >= 15 is 0 Å². The number of amides is 1. The number of nitrogens with zero attached hydrogens (tertiary/aromatic N) is 3. The summed E-state index contributed by atoms with van der Waals surface area (Å²) in [4.78, 5) is 30.6. The Bertz CT molecular complexity index is 592. The van der Waals surface area contributed by atoms with Gasteiger partial charge >= 0.3 is 0 Å². The Kier molecular flexibility index (Phi) is 4.45. The first kappa shape index (κ1) is 15.1. The number of likely N-dealkylation sites (tertiary alicyclic amines) is 1. The van der Waals surface area contributed by atoms with E-state index in [9.17, 15) is 9.59 Å². The molecular formula is C16H24N4O2. The van der Waals surface area contributed by atoms with Crippen LogP contribution in [0.5, 0.6) is 0 Å². The van der Waals surface area contributed by atoms with Crippen molar-refractivity contribution >= 4 is 11.7 Å². The minimum absolute atomic E-state index is 0.121. The Labute approximate surface area is 130 Å². The molecule has 1 aromatic rings. The fourth-order valence-corrected chi connectivity index (χ4v) is 3.48. The molecule has 1 saturated carbocycles. The summed E-state index contributed by atoms with van der Waals surface area (Å²) in [5, 5.41) is 3.20. The molecule has 0 radical (unpaired) electrons. The lowest BCUT2D eigenvalue weighted by Crippen LogP contribution is -2.37. The minimum Gasteiger partial charge on any atom is -0.361 e. The Hall–Kier alpha value is -1.85. The molecule has 2 heterocycles. The van der Waals surface area contributed by atoms with Crippen molar-refractivity contribution in [3.63, 3.8) is 0 Å². The fourth-order valence-electron chi connectivity index (χ4n) is 3.48. The van der Waals surface area contributed by atoms with Gasteiger partial charge in [0.15, 0.2) is 5.82 Å². The molecule has 0 spiro atoms. The molecule has 1 aliphatic heterocycles. The third kappa shape index (κ3) is 3.15. The molecule has 1 N–H and O–H groups in total. The molecule has 1 amide bonds. The monoisotopic (exact) mass is 304 g/mol. The molecule has 1 aromatic heterocycles. The zero-order valence-corrected chi connectivity index (χ0v) is 13.1. The Morgan fingerprint density at radius 1 is 1.27 bits per heavy atom. The van der Waals surface area contributed by atoms with Gasteiger partial charge in [0.25, 0.3) is 5.56 Å². The van der Waals surface area contributed by atoms with Gasteiger partial charge < -0.3 is 14.8 Å². The fraction of sp³-hybridized carbons (Fsp3) is 0.688. The number of aryl methyl sites for hydroxylation is 1. The summed E-state index contributed by atoms with van der Waals surface area (Å²) in [6.07, 6.45) is 9.81. The highest BCUT2D eigenvalue weighted by atomic mass is 16.2. The number of anilines is 1. The van der Waals surface area contributed by atoms with Crippen molar-refractivity contribution in [2.45, 2.75) is 44.6 Å². The second-order valence-electron chi connectivity index (χ2n) is 6.44. The van der Waals surface area contributed by atoms with Crippen molar-refractivity contribution < 1.29 is 4.79 Å². The molecule has 1 atom stereocenters. The van der Waals surface area contributed by atoms with Crippen LogP contribution in [-0.2, 0) is 11.8 Å². The van der Waals surface area contributed by atoms with Gasteiger partial charge in [-0.3, -0.25) is 9.59 Å². The third-order valence-corrected chi connectivity index (χ3v) is 4.81. The van der Waals surface area contributed by atoms with Crippen LogP contribution in [0.2, 0.25) is 0 Å². The van der Waals surface area contributed by atoms with Gasteiger partial charge in [0.05, 0.1) is 0 Å². The second-order valence-corrected chi connectivity index (χ2v) is 6.44. The molecule has 3 rings (SSSR count). The molecule has 120 valence electrons. The Balaban J connectivity index is 1.59. The zero-order valence-electron chi connectivity index (χ0n) is 13.1. The third-order valence-electron chi connectivity index (χ3n) is 4.81. The van der Waals surface area contributed by atoms with E-state index in [2.05, 4.69) is 10.3 Å². The van der Waals surface area contributed by atoms with E-state index in [1.807, 2.05) is 4.90 Å². The highest BCUT2D eigenvalue weighted by Gasteiger charge is 2.31. The average molecular weight is 304 g/mol. The molecule has 1 saturated heterocycles. The first-order valence-electron chi connectivity index (χ1n) is 8.22. The van der Waals surface area contributed by atoms with Gasteiger partial charge in [-0.1, -0.05) is 19.3 Å². The van der Waals surface area contributed by atoms with Crippen LogP contribution in [0.25, 0.3) is 0 Å². The van der Waals surface area contributed by atoms with E-state index in [0.29, 0.717) is 18.3 Å². The predicted molar refractivity (Wildman–Crippen MR) is 84.7 cm³/mol. The van der Waals surface area contributed by atoms with E-state index in [-0.39, 0.29) is 17.5 Å². The van der Waals surface area contributed by atoms with Gasteiger partial charge in [0, 0.05) is 44.5 Å². The van der Waals surface area contributed by atoms with Gasteiger partial charge in [-0.05, 0) is 19.3 Å². The maximum atomic E-state index is 12.5. The number of hydrogen-bond donors (Lipinski definition) is 1. The highest BCUT2D eigenvalue weighted by Crippen LogP contribution is 2.27. The SMILES string of the molecule is Cn1ccnc(N[C@H]2CCN(C(=O)C3CCCCC3)C2)c1=O. The molecule has 0 unspecified atom stereocenters. The first-order valence-corrected chi connectivity index (χ1v) is 8.22. The van der Waals surface area contributed by atoms with Crippen LogP contribution in [0, 0.1) is 5.92 Å². The van der Waals surface area contributed by atoms with E-state index in [0.717, 1.165) is 25.8 Å². The number of aromatic nitrogens is 2. The molecular weight excluding hydrogens is 280 g/mol. The lowest BCUT2D eigenvalue weighted by Gasteiger charge is -2.26. The first-order chi connectivity index (χ1) is 10.6. The summed E-state index contributed by atoms with van der Waals surface area (Å²) in [7, 11) is 1.71. The molecule has 6 heteroatoms. The summed E-state index contributed by atoms with van der Waals surface area (Å²) in [5.41, 5.74) is -0.125. The predicted octanol–water partition coefficient (Wildman–Crippen LogP) is 1.37. The van der Waals surface area contributed by atoms with Crippen molar-refractivity contribution in [1.29, 1.82) is 0 Å². The molecule has 2 fully saturated rings. The average Bonchev–Trinajstić information content (AvgIpc) is 3.00. The zero-order chi connectivity index (χ0) is 15.5. The second kappa shape index (κ2) is 6.50. The van der Waals surface area contributed by atoms with Crippen LogP contribution in [0.1, 0.15) is 38.5 Å². The van der Waals surface area contributed by atoms with Crippen molar-refractivity contribution in [2.24, 2.45) is 13.0 Å². The van der Waals surface area contributed by atoms with Crippen LogP contribution in [-0.4, -0.2) is 39.5 Å². The van der Waals surface area contributed by atoms with Gasteiger partial charge in [0.1, 0.15) is 0 Å². The quantitative estimate of drug-likeness (QED) is 0.916. The maximum absolute atomic E-state index is 12.5. The summed E-state index contributed by atoms with van der Waals surface area (Å²) in [6, 6.07) is 0.121.